The highest BCUT2D eigenvalue weighted by molar-refractivity contribution is 7.99. The zero-order chi connectivity index (χ0) is 19.6. The molecule has 144 valence electrons. The Kier molecular flexibility index (Phi) is 4.71. The van der Waals surface area contributed by atoms with Gasteiger partial charge in [-0.05, 0) is 49.8 Å². The summed E-state index contributed by atoms with van der Waals surface area (Å²) in [5.41, 5.74) is 3.30. The fraction of sp³-hybridized carbons (Fsp3) is 0.250. The number of nitriles is 1. The maximum atomic E-state index is 9.49. The minimum absolute atomic E-state index is 0.426. The highest BCUT2D eigenvalue weighted by Crippen LogP contribution is 2.34. The second kappa shape index (κ2) is 7.66. The van der Waals surface area contributed by atoms with Crippen LogP contribution in [0, 0.1) is 11.3 Å². The van der Waals surface area contributed by atoms with Crippen LogP contribution in [0.25, 0.3) is 16.6 Å². The lowest BCUT2D eigenvalue weighted by atomic mass is 10.1. The first-order valence-electron chi connectivity index (χ1n) is 9.43. The average molecular weight is 402 g/mol. The van der Waals surface area contributed by atoms with Gasteiger partial charge >= 0.3 is 0 Å². The predicted molar refractivity (Wildman–Crippen MR) is 108 cm³/mol. The number of hydrogen-bond acceptors (Lipinski definition) is 7. The number of rotatable bonds is 4. The molecule has 0 unspecified atom stereocenters. The van der Waals surface area contributed by atoms with E-state index < -0.39 is 0 Å². The molecule has 1 fully saturated rings. The number of aromatic nitrogens is 6. The number of nitrogens with zero attached hydrogens (tertiary/aromatic N) is 7. The molecule has 5 heterocycles. The van der Waals surface area contributed by atoms with Gasteiger partial charge in [0.05, 0.1) is 29.5 Å². The van der Waals surface area contributed by atoms with Crippen molar-refractivity contribution in [2.24, 2.45) is 0 Å². The summed E-state index contributed by atoms with van der Waals surface area (Å²) >= 11 is 1.43. The molecular formula is C20H18N8S. The highest BCUT2D eigenvalue weighted by Gasteiger charge is 2.18. The zero-order valence-corrected chi connectivity index (χ0v) is 16.4. The van der Waals surface area contributed by atoms with E-state index in [9.17, 15) is 5.26 Å². The van der Waals surface area contributed by atoms with E-state index in [1.807, 2.05) is 12.4 Å². The van der Waals surface area contributed by atoms with Crippen molar-refractivity contribution in [1.29, 1.82) is 5.26 Å². The third-order valence-corrected chi connectivity index (χ3v) is 5.98. The predicted octanol–water partition coefficient (Wildman–Crippen LogP) is 2.94. The molecule has 4 aromatic heterocycles. The van der Waals surface area contributed by atoms with Crippen LogP contribution in [0.4, 0.5) is 0 Å². The lowest BCUT2D eigenvalue weighted by Crippen LogP contribution is -2.29. The number of nitrogens with one attached hydrogen (secondary N) is 1. The summed E-state index contributed by atoms with van der Waals surface area (Å²) < 4.78 is 3.82. The second-order valence-corrected chi connectivity index (χ2v) is 7.89. The van der Waals surface area contributed by atoms with E-state index in [2.05, 4.69) is 48.5 Å². The maximum Gasteiger partial charge on any atom is 0.192 e. The Morgan fingerprint density at radius 1 is 1.07 bits per heavy atom. The summed E-state index contributed by atoms with van der Waals surface area (Å²) in [6, 6.07) is 6.49. The Morgan fingerprint density at radius 2 is 1.90 bits per heavy atom. The summed E-state index contributed by atoms with van der Waals surface area (Å²) in [4.78, 5) is 9.50. The van der Waals surface area contributed by atoms with Crippen LogP contribution in [-0.2, 0) is 0 Å². The molecule has 0 spiro atoms. The quantitative estimate of drug-likeness (QED) is 0.524. The third kappa shape index (κ3) is 3.48. The topological polar surface area (TPSA) is 96.7 Å². The SMILES string of the molecule is N#Cc1cnn2cc(-c3cnn(C4CCNCC4)c3)cc(Sc3ncccn3)c12. The molecule has 0 bridgehead atoms. The number of hydrogen-bond donors (Lipinski definition) is 1. The van der Waals surface area contributed by atoms with E-state index in [1.165, 1.54) is 11.8 Å². The standard InChI is InChI=1S/C20H18N8S/c21-9-15-10-26-28-12-14(8-18(19(15)28)29-20-23-4-1-5-24-20)16-11-25-27(13-16)17-2-6-22-7-3-17/h1,4-5,8,10-13,17,22H,2-3,6-7H2. The van der Waals surface area contributed by atoms with Crippen molar-refractivity contribution in [3.63, 3.8) is 0 Å². The zero-order valence-electron chi connectivity index (χ0n) is 15.6. The van der Waals surface area contributed by atoms with Crippen LogP contribution in [-0.4, -0.2) is 42.5 Å². The fourth-order valence-corrected chi connectivity index (χ4v) is 4.51. The molecule has 5 rings (SSSR count). The van der Waals surface area contributed by atoms with Gasteiger partial charge in [0.15, 0.2) is 5.16 Å². The van der Waals surface area contributed by atoms with Crippen molar-refractivity contribution in [3.8, 4) is 17.2 Å². The molecule has 1 saturated heterocycles. The summed E-state index contributed by atoms with van der Waals surface area (Å²) in [6.45, 7) is 2.04. The third-order valence-electron chi connectivity index (χ3n) is 5.06. The molecule has 9 heteroatoms. The smallest absolute Gasteiger partial charge is 0.192 e. The van der Waals surface area contributed by atoms with Gasteiger partial charge in [-0.3, -0.25) is 4.68 Å². The van der Waals surface area contributed by atoms with E-state index in [0.717, 1.165) is 47.5 Å². The summed E-state index contributed by atoms with van der Waals surface area (Å²) in [6.07, 6.45) is 13.1. The lowest BCUT2D eigenvalue weighted by Gasteiger charge is -2.22. The Labute approximate surface area is 171 Å². The summed E-state index contributed by atoms with van der Waals surface area (Å²) in [5, 5.41) is 22.5. The number of piperidine rings is 1. The Morgan fingerprint density at radius 3 is 2.69 bits per heavy atom. The maximum absolute atomic E-state index is 9.49. The highest BCUT2D eigenvalue weighted by atomic mass is 32.2. The molecule has 1 aliphatic heterocycles. The van der Waals surface area contributed by atoms with E-state index >= 15 is 0 Å². The van der Waals surface area contributed by atoms with E-state index in [0.29, 0.717) is 16.8 Å². The first-order valence-corrected chi connectivity index (χ1v) is 10.2. The van der Waals surface area contributed by atoms with Gasteiger partial charge < -0.3 is 5.32 Å². The molecular weight excluding hydrogens is 384 g/mol. The van der Waals surface area contributed by atoms with Crippen molar-refractivity contribution in [1.82, 2.24) is 34.7 Å². The molecule has 1 N–H and O–H groups in total. The van der Waals surface area contributed by atoms with Gasteiger partial charge in [-0.15, -0.1) is 0 Å². The molecule has 0 radical (unpaired) electrons. The minimum Gasteiger partial charge on any atom is -0.317 e. The Bertz CT molecular complexity index is 1180. The fourth-order valence-electron chi connectivity index (χ4n) is 3.60. The number of pyridine rings is 1. The van der Waals surface area contributed by atoms with Crippen LogP contribution in [0.5, 0.6) is 0 Å². The summed E-state index contributed by atoms with van der Waals surface area (Å²) in [7, 11) is 0. The van der Waals surface area contributed by atoms with Crippen LogP contribution in [0.3, 0.4) is 0 Å². The molecule has 0 amide bonds. The van der Waals surface area contributed by atoms with Crippen LogP contribution >= 0.6 is 11.8 Å². The van der Waals surface area contributed by atoms with Gasteiger partial charge in [0.25, 0.3) is 0 Å². The van der Waals surface area contributed by atoms with Crippen LogP contribution in [0.15, 0.2) is 59.4 Å². The Balaban J connectivity index is 1.56. The molecule has 8 nitrogen and oxygen atoms in total. The summed E-state index contributed by atoms with van der Waals surface area (Å²) in [5.74, 6) is 0. The molecule has 0 aromatic carbocycles. The molecule has 0 atom stereocenters. The van der Waals surface area contributed by atoms with E-state index in [4.69, 9.17) is 0 Å². The van der Waals surface area contributed by atoms with Crippen LogP contribution in [0.2, 0.25) is 0 Å². The van der Waals surface area contributed by atoms with E-state index in [1.54, 1.807) is 29.2 Å². The van der Waals surface area contributed by atoms with Crippen molar-refractivity contribution < 1.29 is 0 Å². The lowest BCUT2D eigenvalue weighted by molar-refractivity contribution is 0.343. The minimum atomic E-state index is 0.426. The number of fused-ring (bicyclic) bond motifs is 1. The molecule has 29 heavy (non-hydrogen) atoms. The second-order valence-electron chi connectivity index (χ2n) is 6.88. The van der Waals surface area contributed by atoms with Crippen molar-refractivity contribution in [3.05, 3.63) is 54.9 Å². The monoisotopic (exact) mass is 402 g/mol. The van der Waals surface area contributed by atoms with Crippen LogP contribution in [0.1, 0.15) is 24.4 Å². The first-order chi connectivity index (χ1) is 14.3. The van der Waals surface area contributed by atoms with Gasteiger partial charge in [-0.25, -0.2) is 14.5 Å². The van der Waals surface area contributed by atoms with Gasteiger partial charge in [-0.2, -0.15) is 15.5 Å². The first kappa shape index (κ1) is 17.8. The molecule has 1 aliphatic rings. The van der Waals surface area contributed by atoms with Crippen molar-refractivity contribution in [2.75, 3.05) is 13.1 Å². The molecule has 0 aliphatic carbocycles. The Hall–Kier alpha value is -3.22. The normalized spacial score (nSPS) is 14.9. The average Bonchev–Trinajstić information content (AvgIpc) is 3.42. The van der Waals surface area contributed by atoms with Gasteiger partial charge in [0, 0.05) is 40.8 Å². The van der Waals surface area contributed by atoms with Crippen LogP contribution < -0.4 is 5.32 Å². The largest absolute Gasteiger partial charge is 0.317 e. The van der Waals surface area contributed by atoms with Crippen molar-refractivity contribution in [2.45, 2.75) is 28.9 Å². The van der Waals surface area contributed by atoms with Gasteiger partial charge in [0.1, 0.15) is 6.07 Å². The van der Waals surface area contributed by atoms with Crippen molar-refractivity contribution >= 4 is 17.3 Å². The van der Waals surface area contributed by atoms with E-state index in [-0.39, 0.29) is 0 Å². The molecule has 4 aromatic rings. The van der Waals surface area contributed by atoms with Gasteiger partial charge in [0.2, 0.25) is 0 Å². The molecule has 0 saturated carbocycles. The van der Waals surface area contributed by atoms with Gasteiger partial charge in [-0.1, -0.05) is 0 Å².